The molecule has 6 nitrogen and oxygen atoms in total. The molecule has 0 saturated carbocycles. The number of piperidine rings is 1. The van der Waals surface area contributed by atoms with Crippen molar-refractivity contribution >= 4 is 13.2 Å². The summed E-state index contributed by atoms with van der Waals surface area (Å²) in [5.74, 6) is 0. The highest BCUT2D eigenvalue weighted by Gasteiger charge is 2.53. The van der Waals surface area contributed by atoms with Gasteiger partial charge in [0.15, 0.2) is 0 Å². The van der Waals surface area contributed by atoms with Crippen molar-refractivity contribution < 1.29 is 23.6 Å². The van der Waals surface area contributed by atoms with Gasteiger partial charge in [0.05, 0.1) is 23.4 Å². The van der Waals surface area contributed by atoms with Crippen molar-refractivity contribution in [2.24, 2.45) is 0 Å². The van der Waals surface area contributed by atoms with Gasteiger partial charge in [-0.05, 0) is 73.2 Å². The first-order valence-corrected chi connectivity index (χ1v) is 9.99. The smallest absolute Gasteiger partial charge is 0.444 e. The van der Waals surface area contributed by atoms with E-state index in [0.717, 1.165) is 24.7 Å². The van der Waals surface area contributed by atoms with Crippen molar-refractivity contribution in [1.82, 2.24) is 4.90 Å². The zero-order chi connectivity index (χ0) is 20.1. The molecule has 0 unspecified atom stereocenters. The quantitative estimate of drug-likeness (QED) is 0.650. The first kappa shape index (κ1) is 20.7. The van der Waals surface area contributed by atoms with Crippen molar-refractivity contribution in [2.75, 3.05) is 19.7 Å². The molecule has 2 fully saturated rings. The number of hydrogen-bond donors (Lipinski definition) is 0. The minimum atomic E-state index is -0.464. The molecule has 0 bridgehead atoms. The number of hydrogen-bond acceptors (Lipinski definition) is 5. The van der Waals surface area contributed by atoms with Crippen LogP contribution >= 0.6 is 0 Å². The Kier molecular flexibility index (Phi) is 5.19. The fourth-order valence-corrected chi connectivity index (χ4v) is 3.60. The first-order valence-electron chi connectivity index (χ1n) is 9.99. The topological polar surface area (TPSA) is 57.2 Å². The number of amides is 1. The van der Waals surface area contributed by atoms with Crippen LogP contribution in [0, 0.1) is 0 Å². The summed E-state index contributed by atoms with van der Waals surface area (Å²) in [7, 11) is -0.339. The lowest BCUT2D eigenvalue weighted by molar-refractivity contribution is -0.0799. The van der Waals surface area contributed by atoms with Crippen LogP contribution in [0.5, 0.6) is 0 Å². The van der Waals surface area contributed by atoms with E-state index in [9.17, 15) is 4.79 Å². The molecular formula is C20H34BNO5. The molecule has 0 aliphatic carbocycles. The monoisotopic (exact) mass is 379 g/mol. The molecule has 7 heteroatoms. The molecule has 3 rings (SSSR count). The summed E-state index contributed by atoms with van der Waals surface area (Å²) in [5, 5.41) is 0. The Labute approximate surface area is 163 Å². The van der Waals surface area contributed by atoms with E-state index >= 15 is 0 Å². The molecule has 27 heavy (non-hydrogen) atoms. The highest BCUT2D eigenvalue weighted by Crippen LogP contribution is 2.41. The molecule has 3 heterocycles. The SMILES string of the molecule is CC(C)(C)OC(=O)N1CCC2(CC=C(B3OC(C)(C)C(C)(C)O3)CO2)CC1. The van der Waals surface area contributed by atoms with E-state index in [4.69, 9.17) is 18.8 Å². The molecule has 0 N–H and O–H groups in total. The van der Waals surface area contributed by atoms with Crippen LogP contribution in [0.2, 0.25) is 0 Å². The molecule has 3 aliphatic rings. The Balaban J connectivity index is 1.56. The highest BCUT2D eigenvalue weighted by atomic mass is 16.7. The minimum Gasteiger partial charge on any atom is -0.444 e. The van der Waals surface area contributed by atoms with Crippen molar-refractivity contribution in [3.05, 3.63) is 11.5 Å². The molecule has 0 aromatic carbocycles. The van der Waals surface area contributed by atoms with Gasteiger partial charge in [-0.25, -0.2) is 4.79 Å². The lowest BCUT2D eigenvalue weighted by Gasteiger charge is -2.43. The number of ether oxygens (including phenoxy) is 2. The Bertz CT molecular complexity index is 598. The van der Waals surface area contributed by atoms with Crippen LogP contribution < -0.4 is 0 Å². The fraction of sp³-hybridized carbons (Fsp3) is 0.850. The third kappa shape index (κ3) is 4.35. The predicted octanol–water partition coefficient (Wildman–Crippen LogP) is 3.73. The molecule has 0 aromatic heterocycles. The number of carbonyl (C=O) groups is 1. The van der Waals surface area contributed by atoms with Crippen molar-refractivity contribution in [1.29, 1.82) is 0 Å². The predicted molar refractivity (Wildman–Crippen MR) is 105 cm³/mol. The standard InChI is InChI=1S/C20H34BNO5/c1-17(2,3)25-16(23)22-12-10-20(11-13-22)9-8-15(14-24-20)21-26-18(4,5)19(6,7)27-21/h8H,9-14H2,1-7H3. The average Bonchev–Trinajstić information content (AvgIpc) is 2.75. The van der Waals surface area contributed by atoms with Crippen LogP contribution in [0.3, 0.4) is 0 Å². The van der Waals surface area contributed by atoms with Crippen LogP contribution in [-0.2, 0) is 18.8 Å². The van der Waals surface area contributed by atoms with E-state index in [1.807, 2.05) is 20.8 Å². The van der Waals surface area contributed by atoms with Crippen LogP contribution in [0.15, 0.2) is 11.5 Å². The molecule has 0 aromatic rings. The second-order valence-electron chi connectivity index (χ2n) is 10.0. The van der Waals surface area contributed by atoms with Crippen LogP contribution in [-0.4, -0.2) is 60.2 Å². The summed E-state index contributed by atoms with van der Waals surface area (Å²) < 4.78 is 24.0. The summed E-state index contributed by atoms with van der Waals surface area (Å²) in [6.07, 6.45) is 4.45. The van der Waals surface area contributed by atoms with Gasteiger partial charge in [-0.15, -0.1) is 0 Å². The van der Waals surface area contributed by atoms with E-state index in [-0.39, 0.29) is 30.0 Å². The maximum atomic E-state index is 12.3. The van der Waals surface area contributed by atoms with Gasteiger partial charge in [0, 0.05) is 13.1 Å². The molecule has 3 aliphatic heterocycles. The summed E-state index contributed by atoms with van der Waals surface area (Å²) in [6, 6.07) is 0. The Morgan fingerprint density at radius 1 is 1.11 bits per heavy atom. The second-order valence-corrected chi connectivity index (χ2v) is 10.0. The van der Waals surface area contributed by atoms with Crippen molar-refractivity contribution in [2.45, 2.75) is 90.1 Å². The van der Waals surface area contributed by atoms with Gasteiger partial charge in [0.1, 0.15) is 5.60 Å². The Hall–Kier alpha value is -1.05. The molecule has 152 valence electrons. The van der Waals surface area contributed by atoms with Crippen LogP contribution in [0.1, 0.15) is 67.7 Å². The lowest BCUT2D eigenvalue weighted by Crippen LogP contribution is -2.50. The molecule has 1 amide bonds. The largest absolute Gasteiger partial charge is 0.492 e. The van der Waals surface area contributed by atoms with Gasteiger partial charge in [-0.2, -0.15) is 0 Å². The lowest BCUT2D eigenvalue weighted by atomic mass is 9.74. The van der Waals surface area contributed by atoms with Gasteiger partial charge < -0.3 is 23.7 Å². The first-order chi connectivity index (χ1) is 12.3. The number of carbonyl (C=O) groups excluding carboxylic acids is 1. The summed E-state index contributed by atoms with van der Waals surface area (Å²) in [5.41, 5.74) is -0.271. The fourth-order valence-electron chi connectivity index (χ4n) is 3.60. The third-order valence-corrected chi connectivity index (χ3v) is 6.16. The number of nitrogens with zero attached hydrogens (tertiary/aromatic N) is 1. The third-order valence-electron chi connectivity index (χ3n) is 6.16. The van der Waals surface area contributed by atoms with Gasteiger partial charge in [0.2, 0.25) is 0 Å². The Morgan fingerprint density at radius 2 is 1.67 bits per heavy atom. The highest BCUT2D eigenvalue weighted by molar-refractivity contribution is 6.54. The maximum Gasteiger partial charge on any atom is 0.492 e. The average molecular weight is 379 g/mol. The molecular weight excluding hydrogens is 345 g/mol. The van der Waals surface area contributed by atoms with Crippen LogP contribution in [0.4, 0.5) is 4.79 Å². The summed E-state index contributed by atoms with van der Waals surface area (Å²) in [4.78, 5) is 14.0. The van der Waals surface area contributed by atoms with Gasteiger partial charge in [-0.1, -0.05) is 6.08 Å². The summed E-state index contributed by atoms with van der Waals surface area (Å²) in [6.45, 7) is 15.8. The minimum absolute atomic E-state index is 0.189. The van der Waals surface area contributed by atoms with E-state index < -0.39 is 5.60 Å². The number of likely N-dealkylation sites (tertiary alicyclic amines) is 1. The number of rotatable bonds is 1. The van der Waals surface area contributed by atoms with Gasteiger partial charge in [0.25, 0.3) is 0 Å². The second kappa shape index (κ2) is 6.78. The zero-order valence-corrected chi connectivity index (χ0v) is 17.9. The van der Waals surface area contributed by atoms with E-state index in [1.165, 1.54) is 0 Å². The molecule has 0 atom stereocenters. The van der Waals surface area contributed by atoms with Crippen LogP contribution in [0.25, 0.3) is 0 Å². The molecule has 0 radical (unpaired) electrons. The Morgan fingerprint density at radius 3 is 2.11 bits per heavy atom. The zero-order valence-electron chi connectivity index (χ0n) is 17.9. The van der Waals surface area contributed by atoms with Gasteiger partial charge in [-0.3, -0.25) is 0 Å². The molecule has 2 saturated heterocycles. The van der Waals surface area contributed by atoms with Gasteiger partial charge >= 0.3 is 13.2 Å². The van der Waals surface area contributed by atoms with E-state index in [2.05, 4.69) is 33.8 Å². The summed E-state index contributed by atoms with van der Waals surface area (Å²) >= 11 is 0. The van der Waals surface area contributed by atoms with E-state index in [1.54, 1.807) is 4.90 Å². The maximum absolute atomic E-state index is 12.3. The molecule has 1 spiro atoms. The van der Waals surface area contributed by atoms with Crippen molar-refractivity contribution in [3.8, 4) is 0 Å². The van der Waals surface area contributed by atoms with E-state index in [0.29, 0.717) is 19.7 Å². The normalized spacial score (nSPS) is 26.9. The van der Waals surface area contributed by atoms with Crippen molar-refractivity contribution in [3.63, 3.8) is 0 Å².